The normalized spacial score (nSPS) is 10.7. The van der Waals surface area contributed by atoms with Crippen molar-refractivity contribution < 1.29 is 19.6 Å². The number of rotatable bonds is 6. The van der Waals surface area contributed by atoms with Crippen molar-refractivity contribution in [2.24, 2.45) is 5.10 Å². The minimum atomic E-state index is -0.752. The van der Waals surface area contributed by atoms with Gasteiger partial charge in [-0.2, -0.15) is 5.10 Å². The molecule has 0 atom stereocenters. The van der Waals surface area contributed by atoms with Gasteiger partial charge in [0.05, 0.1) is 11.1 Å². The Bertz CT molecular complexity index is 877. The molecule has 26 heavy (non-hydrogen) atoms. The van der Waals surface area contributed by atoms with E-state index in [0.29, 0.717) is 11.3 Å². The fourth-order valence-corrected chi connectivity index (χ4v) is 2.26. The van der Waals surface area contributed by atoms with Gasteiger partial charge in [-0.1, -0.05) is 18.2 Å². The van der Waals surface area contributed by atoms with Crippen LogP contribution in [0.1, 0.15) is 22.3 Å². The second-order valence-corrected chi connectivity index (χ2v) is 5.72. The van der Waals surface area contributed by atoms with E-state index >= 15 is 0 Å². The summed E-state index contributed by atoms with van der Waals surface area (Å²) in [5.74, 6) is -0.527. The average Bonchev–Trinajstić information content (AvgIpc) is 2.58. The van der Waals surface area contributed by atoms with Crippen LogP contribution in [0.3, 0.4) is 0 Å². The number of amides is 1. The third kappa shape index (κ3) is 4.56. The number of carbonyl (C=O) groups excluding carboxylic acids is 1. The number of hydrogen-bond donors (Lipinski definition) is 1. The maximum Gasteiger partial charge on any atom is 0.277 e. The Hall–Kier alpha value is -3.42. The van der Waals surface area contributed by atoms with Crippen LogP contribution in [0.25, 0.3) is 0 Å². The van der Waals surface area contributed by atoms with E-state index < -0.39 is 22.3 Å². The fraction of sp³-hybridized carbons (Fsp3) is 0.222. The SMILES string of the molecule is Cc1ccc(C)c(OCC(=O)N/N=C\c2ccc([N+](=O)[O-])c([O-])c2)c1C. The zero-order valence-electron chi connectivity index (χ0n) is 14.6. The van der Waals surface area contributed by atoms with Gasteiger partial charge in [0.1, 0.15) is 5.75 Å². The number of ether oxygens (including phenoxy) is 1. The van der Waals surface area contributed by atoms with Crippen molar-refractivity contribution in [3.8, 4) is 11.5 Å². The predicted molar refractivity (Wildman–Crippen MR) is 94.4 cm³/mol. The largest absolute Gasteiger partial charge is 0.868 e. The van der Waals surface area contributed by atoms with Gasteiger partial charge in [0.15, 0.2) is 6.61 Å². The van der Waals surface area contributed by atoms with E-state index in [-0.39, 0.29) is 6.61 Å². The summed E-state index contributed by atoms with van der Waals surface area (Å²) in [4.78, 5) is 21.7. The molecule has 0 fully saturated rings. The van der Waals surface area contributed by atoms with Crippen molar-refractivity contribution in [1.29, 1.82) is 0 Å². The highest BCUT2D eigenvalue weighted by molar-refractivity contribution is 5.83. The fourth-order valence-electron chi connectivity index (χ4n) is 2.26. The molecule has 0 unspecified atom stereocenters. The van der Waals surface area contributed by atoms with Gasteiger partial charge in [-0.15, -0.1) is 0 Å². The second kappa shape index (κ2) is 8.11. The first kappa shape index (κ1) is 18.9. The van der Waals surface area contributed by atoms with Gasteiger partial charge in [0.2, 0.25) is 0 Å². The quantitative estimate of drug-likeness (QED) is 0.483. The van der Waals surface area contributed by atoms with Crippen molar-refractivity contribution in [1.82, 2.24) is 5.43 Å². The highest BCUT2D eigenvalue weighted by Crippen LogP contribution is 2.25. The van der Waals surface area contributed by atoms with Gasteiger partial charge in [-0.3, -0.25) is 14.9 Å². The number of nitro benzene ring substituents is 1. The van der Waals surface area contributed by atoms with Crippen LogP contribution in [0.5, 0.6) is 11.5 Å². The lowest BCUT2D eigenvalue weighted by molar-refractivity contribution is -0.398. The van der Waals surface area contributed by atoms with E-state index in [1.165, 1.54) is 12.3 Å². The zero-order valence-corrected chi connectivity index (χ0v) is 14.6. The van der Waals surface area contributed by atoms with Crippen LogP contribution in [-0.2, 0) is 4.79 Å². The highest BCUT2D eigenvalue weighted by Gasteiger charge is 2.09. The van der Waals surface area contributed by atoms with Crippen LogP contribution in [-0.4, -0.2) is 23.7 Å². The van der Waals surface area contributed by atoms with Gasteiger partial charge < -0.3 is 9.84 Å². The second-order valence-electron chi connectivity index (χ2n) is 5.72. The van der Waals surface area contributed by atoms with Gasteiger partial charge >= 0.3 is 0 Å². The molecule has 136 valence electrons. The van der Waals surface area contributed by atoms with Gasteiger partial charge in [-0.25, -0.2) is 5.43 Å². The van der Waals surface area contributed by atoms with Gasteiger partial charge in [0.25, 0.3) is 11.6 Å². The van der Waals surface area contributed by atoms with Crippen molar-refractivity contribution in [2.45, 2.75) is 20.8 Å². The number of benzene rings is 2. The first-order chi connectivity index (χ1) is 12.3. The van der Waals surface area contributed by atoms with Crippen LogP contribution in [0, 0.1) is 30.9 Å². The molecule has 0 bridgehead atoms. The molecule has 2 aromatic carbocycles. The minimum Gasteiger partial charge on any atom is -0.868 e. The molecule has 0 spiro atoms. The Morgan fingerprint density at radius 2 is 1.92 bits per heavy atom. The Morgan fingerprint density at radius 3 is 2.58 bits per heavy atom. The number of nitro groups is 1. The number of hydrazone groups is 1. The average molecular weight is 356 g/mol. The summed E-state index contributed by atoms with van der Waals surface area (Å²) in [5.41, 5.74) is 5.07. The highest BCUT2D eigenvalue weighted by atomic mass is 16.6. The van der Waals surface area contributed by atoms with Crippen LogP contribution < -0.4 is 15.3 Å². The topological polar surface area (TPSA) is 117 Å². The number of hydrogen-bond acceptors (Lipinski definition) is 6. The molecule has 2 rings (SSSR count). The molecule has 0 saturated carbocycles. The van der Waals surface area contributed by atoms with E-state index in [1.54, 1.807) is 0 Å². The summed E-state index contributed by atoms with van der Waals surface area (Å²) in [7, 11) is 0. The van der Waals surface area contributed by atoms with E-state index in [0.717, 1.165) is 28.8 Å². The molecule has 0 saturated heterocycles. The number of nitrogens with zero attached hydrogens (tertiary/aromatic N) is 2. The lowest BCUT2D eigenvalue weighted by Gasteiger charge is -2.13. The molecule has 1 N–H and O–H groups in total. The molecule has 0 heterocycles. The van der Waals surface area contributed by atoms with Crippen molar-refractivity contribution >= 4 is 17.8 Å². The summed E-state index contributed by atoms with van der Waals surface area (Å²) in [6, 6.07) is 7.44. The summed E-state index contributed by atoms with van der Waals surface area (Å²) >= 11 is 0. The van der Waals surface area contributed by atoms with Crippen molar-refractivity contribution in [3.63, 3.8) is 0 Å². The molecular weight excluding hydrogens is 338 g/mol. The Labute approximate surface area is 150 Å². The van der Waals surface area contributed by atoms with E-state index in [1.807, 2.05) is 32.9 Å². The minimum absolute atomic E-state index is 0.213. The Balaban J connectivity index is 1.93. The third-order valence-electron chi connectivity index (χ3n) is 3.80. The molecule has 8 heteroatoms. The smallest absolute Gasteiger partial charge is 0.277 e. The molecule has 8 nitrogen and oxygen atoms in total. The molecule has 0 radical (unpaired) electrons. The Kier molecular flexibility index (Phi) is 5.90. The van der Waals surface area contributed by atoms with Crippen molar-refractivity contribution in [2.75, 3.05) is 6.61 Å². The van der Waals surface area contributed by atoms with E-state index in [4.69, 9.17) is 4.74 Å². The van der Waals surface area contributed by atoms with E-state index in [2.05, 4.69) is 10.5 Å². The van der Waals surface area contributed by atoms with Crippen LogP contribution >= 0.6 is 0 Å². The molecule has 0 aliphatic rings. The lowest BCUT2D eigenvalue weighted by Crippen LogP contribution is -2.25. The van der Waals surface area contributed by atoms with E-state index in [9.17, 15) is 20.0 Å². The molecule has 0 aliphatic carbocycles. The number of carbonyl (C=O) groups is 1. The third-order valence-corrected chi connectivity index (χ3v) is 3.80. The maximum atomic E-state index is 11.8. The number of aryl methyl sites for hydroxylation is 2. The zero-order chi connectivity index (χ0) is 19.3. The Morgan fingerprint density at radius 1 is 1.23 bits per heavy atom. The molecule has 0 aromatic heterocycles. The first-order valence-electron chi connectivity index (χ1n) is 7.76. The first-order valence-corrected chi connectivity index (χ1v) is 7.76. The van der Waals surface area contributed by atoms with Crippen LogP contribution in [0.2, 0.25) is 0 Å². The summed E-state index contributed by atoms with van der Waals surface area (Å²) in [5, 5.41) is 25.8. The van der Waals surface area contributed by atoms with Gasteiger partial charge in [-0.05, 0) is 54.8 Å². The lowest BCUT2D eigenvalue weighted by atomic mass is 10.1. The van der Waals surface area contributed by atoms with Gasteiger partial charge in [0, 0.05) is 6.07 Å². The molecular formula is C18H18N3O5-. The van der Waals surface area contributed by atoms with Crippen LogP contribution in [0.4, 0.5) is 5.69 Å². The van der Waals surface area contributed by atoms with Crippen molar-refractivity contribution in [3.05, 3.63) is 62.7 Å². The van der Waals surface area contributed by atoms with Crippen LogP contribution in [0.15, 0.2) is 35.4 Å². The molecule has 1 amide bonds. The number of nitrogens with one attached hydrogen (secondary N) is 1. The maximum absolute atomic E-state index is 11.8. The monoisotopic (exact) mass is 356 g/mol. The standard InChI is InChI=1S/C18H19N3O5/c1-11-4-5-12(2)18(13(11)3)26-10-17(23)20-19-9-14-6-7-15(21(24)25)16(22)8-14/h4-9,22H,10H2,1-3H3,(H,20,23)/p-1/b19-9-. The summed E-state index contributed by atoms with van der Waals surface area (Å²) in [6.45, 7) is 5.56. The summed E-state index contributed by atoms with van der Waals surface area (Å²) in [6.07, 6.45) is 1.23. The molecule has 2 aromatic rings. The molecule has 0 aliphatic heterocycles. The predicted octanol–water partition coefficient (Wildman–Crippen LogP) is 2.12. The summed E-state index contributed by atoms with van der Waals surface area (Å²) < 4.78 is 5.56.